The first-order chi connectivity index (χ1) is 11.0. The molecule has 1 aliphatic heterocycles. The summed E-state index contributed by atoms with van der Waals surface area (Å²) in [5.74, 6) is 0.784. The Hall–Kier alpha value is -2.28. The first kappa shape index (κ1) is 17.1. The molecule has 0 atom stereocenters. The van der Waals surface area contributed by atoms with Gasteiger partial charge in [-0.25, -0.2) is 0 Å². The lowest BCUT2D eigenvalue weighted by Crippen LogP contribution is -2.49. The maximum Gasteiger partial charge on any atom is 0.254 e. The van der Waals surface area contributed by atoms with Gasteiger partial charge in [0.2, 0.25) is 5.91 Å². The number of benzene rings is 1. The minimum Gasteiger partial charge on any atom is -0.497 e. The van der Waals surface area contributed by atoms with Crippen molar-refractivity contribution < 1.29 is 19.1 Å². The van der Waals surface area contributed by atoms with Crippen LogP contribution in [0, 0.1) is 0 Å². The summed E-state index contributed by atoms with van der Waals surface area (Å²) in [7, 11) is 4.68. The highest BCUT2D eigenvalue weighted by Gasteiger charge is 2.21. The molecule has 0 saturated carbocycles. The van der Waals surface area contributed by atoms with E-state index in [1.165, 1.54) is 19.1 Å². The molecule has 0 spiro atoms. The summed E-state index contributed by atoms with van der Waals surface area (Å²) in [4.78, 5) is 28.0. The van der Waals surface area contributed by atoms with Gasteiger partial charge in [-0.3, -0.25) is 9.59 Å². The molecule has 1 aromatic carbocycles. The average molecular weight is 321 g/mol. The molecular formula is C16H23N3O4. The van der Waals surface area contributed by atoms with Crippen molar-refractivity contribution in [3.63, 3.8) is 0 Å². The topological polar surface area (TPSA) is 71.1 Å². The zero-order valence-corrected chi connectivity index (χ0v) is 13.8. The highest BCUT2D eigenvalue weighted by Crippen LogP contribution is 2.23. The van der Waals surface area contributed by atoms with Crippen LogP contribution in [0.4, 0.5) is 0 Å². The fourth-order valence-electron chi connectivity index (χ4n) is 2.44. The molecule has 2 rings (SSSR count). The number of carbonyl (C=O) groups is 2. The van der Waals surface area contributed by atoms with Crippen LogP contribution in [0.5, 0.6) is 11.5 Å². The number of likely N-dealkylation sites (N-methyl/N-ethyl adjacent to an activating group) is 1. The second kappa shape index (κ2) is 7.82. The van der Waals surface area contributed by atoms with Crippen LogP contribution in [0.1, 0.15) is 10.4 Å². The summed E-state index contributed by atoms with van der Waals surface area (Å²) in [5, 5.41) is 3.19. The van der Waals surface area contributed by atoms with Gasteiger partial charge in [-0.05, 0) is 12.1 Å². The smallest absolute Gasteiger partial charge is 0.254 e. The van der Waals surface area contributed by atoms with Crippen LogP contribution in [0.15, 0.2) is 18.2 Å². The van der Waals surface area contributed by atoms with Crippen LogP contribution in [0.2, 0.25) is 0 Å². The molecule has 2 amide bonds. The van der Waals surface area contributed by atoms with Gasteiger partial charge in [0.1, 0.15) is 11.5 Å². The third-order valence-corrected chi connectivity index (χ3v) is 3.79. The number of methoxy groups -OCH3 is 2. The predicted octanol–water partition coefficient (Wildman–Crippen LogP) is 0.208. The summed E-state index contributed by atoms with van der Waals surface area (Å²) in [6.07, 6.45) is 0. The molecule has 0 aromatic heterocycles. The lowest BCUT2D eigenvalue weighted by molar-refractivity contribution is -0.132. The number of nitrogens with zero attached hydrogens (tertiary/aromatic N) is 2. The van der Waals surface area contributed by atoms with Crippen molar-refractivity contribution in [1.29, 1.82) is 0 Å². The van der Waals surface area contributed by atoms with E-state index in [0.717, 1.165) is 13.1 Å². The van der Waals surface area contributed by atoms with Crippen molar-refractivity contribution in [2.75, 3.05) is 54.0 Å². The van der Waals surface area contributed by atoms with Crippen LogP contribution in [0.25, 0.3) is 0 Å². The number of piperazine rings is 1. The summed E-state index contributed by atoms with van der Waals surface area (Å²) < 4.78 is 10.3. The molecule has 23 heavy (non-hydrogen) atoms. The van der Waals surface area contributed by atoms with Gasteiger partial charge in [-0.2, -0.15) is 0 Å². The lowest BCUT2D eigenvalue weighted by Gasteiger charge is -2.29. The molecule has 1 heterocycles. The Balaban J connectivity index is 2.05. The normalized spacial score (nSPS) is 14.3. The summed E-state index contributed by atoms with van der Waals surface area (Å²) >= 11 is 0. The van der Waals surface area contributed by atoms with Gasteiger partial charge in [-0.15, -0.1) is 0 Å². The predicted molar refractivity (Wildman–Crippen MR) is 86.0 cm³/mol. The highest BCUT2D eigenvalue weighted by molar-refractivity contribution is 5.97. The highest BCUT2D eigenvalue weighted by atomic mass is 16.5. The Morgan fingerprint density at radius 2 is 1.70 bits per heavy atom. The standard InChI is InChI=1S/C16H23N3O4/c1-18(11-15(20)19-6-4-17-5-7-19)16(21)12-8-13(22-2)10-14(9-12)23-3/h8-10,17H,4-7,11H2,1-3H3. The molecule has 1 aliphatic rings. The fraction of sp³-hybridized carbons (Fsp3) is 0.500. The number of nitrogens with one attached hydrogen (secondary N) is 1. The molecule has 0 aliphatic carbocycles. The van der Waals surface area contributed by atoms with Crippen LogP contribution < -0.4 is 14.8 Å². The van der Waals surface area contributed by atoms with Gasteiger partial charge < -0.3 is 24.6 Å². The first-order valence-corrected chi connectivity index (χ1v) is 7.52. The van der Waals surface area contributed by atoms with Crippen molar-refractivity contribution in [2.24, 2.45) is 0 Å². The van der Waals surface area contributed by atoms with Gasteiger partial charge in [0, 0.05) is 44.9 Å². The zero-order valence-electron chi connectivity index (χ0n) is 13.8. The Bertz CT molecular complexity index is 548. The molecule has 1 saturated heterocycles. The van der Waals surface area contributed by atoms with Crippen LogP contribution in [-0.2, 0) is 4.79 Å². The van der Waals surface area contributed by atoms with E-state index in [4.69, 9.17) is 9.47 Å². The Morgan fingerprint density at radius 1 is 1.13 bits per heavy atom. The molecule has 7 nitrogen and oxygen atoms in total. The van der Waals surface area contributed by atoms with E-state index in [2.05, 4.69) is 5.32 Å². The van der Waals surface area contributed by atoms with E-state index in [9.17, 15) is 9.59 Å². The zero-order chi connectivity index (χ0) is 16.8. The second-order valence-corrected chi connectivity index (χ2v) is 5.39. The third kappa shape index (κ3) is 4.35. The van der Waals surface area contributed by atoms with Gasteiger partial charge in [0.15, 0.2) is 0 Å². The molecule has 1 aromatic rings. The van der Waals surface area contributed by atoms with Gasteiger partial charge in [0.05, 0.1) is 20.8 Å². The van der Waals surface area contributed by atoms with E-state index in [-0.39, 0.29) is 18.4 Å². The molecule has 1 N–H and O–H groups in total. The second-order valence-electron chi connectivity index (χ2n) is 5.39. The average Bonchev–Trinajstić information content (AvgIpc) is 2.61. The SMILES string of the molecule is COc1cc(OC)cc(C(=O)N(C)CC(=O)N2CCNCC2)c1. The molecule has 0 radical (unpaired) electrons. The van der Waals surface area contributed by atoms with Crippen molar-refractivity contribution >= 4 is 11.8 Å². The van der Waals surface area contributed by atoms with Gasteiger partial charge in [-0.1, -0.05) is 0 Å². The van der Waals surface area contributed by atoms with E-state index in [0.29, 0.717) is 30.2 Å². The summed E-state index contributed by atoms with van der Waals surface area (Å²) in [6, 6.07) is 4.97. The number of carbonyl (C=O) groups excluding carboxylic acids is 2. The van der Waals surface area contributed by atoms with Gasteiger partial charge in [0.25, 0.3) is 5.91 Å². The molecule has 126 valence electrons. The third-order valence-electron chi connectivity index (χ3n) is 3.79. The maximum absolute atomic E-state index is 12.5. The Kier molecular flexibility index (Phi) is 5.81. The minimum atomic E-state index is -0.245. The maximum atomic E-state index is 12.5. The number of hydrogen-bond acceptors (Lipinski definition) is 5. The summed E-state index contributed by atoms with van der Waals surface area (Å²) in [6.45, 7) is 2.98. The largest absolute Gasteiger partial charge is 0.497 e. The number of amides is 2. The monoisotopic (exact) mass is 321 g/mol. The van der Waals surface area contributed by atoms with E-state index in [1.807, 2.05) is 0 Å². The summed E-state index contributed by atoms with van der Waals surface area (Å²) in [5.41, 5.74) is 0.428. The van der Waals surface area contributed by atoms with E-state index < -0.39 is 0 Å². The lowest BCUT2D eigenvalue weighted by atomic mass is 10.1. The number of hydrogen-bond donors (Lipinski definition) is 1. The van der Waals surface area contributed by atoms with Crippen molar-refractivity contribution in [2.45, 2.75) is 0 Å². The number of ether oxygens (including phenoxy) is 2. The van der Waals surface area contributed by atoms with E-state index >= 15 is 0 Å². The van der Waals surface area contributed by atoms with Crippen LogP contribution in [-0.4, -0.2) is 75.6 Å². The Labute approximate surface area is 136 Å². The van der Waals surface area contributed by atoms with Crippen molar-refractivity contribution in [3.8, 4) is 11.5 Å². The molecule has 0 bridgehead atoms. The molecule has 0 unspecified atom stereocenters. The fourth-order valence-corrected chi connectivity index (χ4v) is 2.44. The quantitative estimate of drug-likeness (QED) is 0.839. The molecular weight excluding hydrogens is 298 g/mol. The Morgan fingerprint density at radius 3 is 2.22 bits per heavy atom. The van der Waals surface area contributed by atoms with Crippen molar-refractivity contribution in [3.05, 3.63) is 23.8 Å². The molecule has 7 heteroatoms. The van der Waals surface area contributed by atoms with Crippen molar-refractivity contribution in [1.82, 2.24) is 15.1 Å². The van der Waals surface area contributed by atoms with Crippen LogP contribution in [0.3, 0.4) is 0 Å². The molecule has 1 fully saturated rings. The van der Waals surface area contributed by atoms with Crippen LogP contribution >= 0.6 is 0 Å². The first-order valence-electron chi connectivity index (χ1n) is 7.52. The van der Waals surface area contributed by atoms with Gasteiger partial charge >= 0.3 is 0 Å². The van der Waals surface area contributed by atoms with E-state index in [1.54, 1.807) is 30.1 Å². The number of rotatable bonds is 5. The minimum absolute atomic E-state index is 0.0442.